The fourth-order valence-corrected chi connectivity index (χ4v) is 1.99. The maximum absolute atomic E-state index is 13.4. The summed E-state index contributed by atoms with van der Waals surface area (Å²) >= 11 is 0. The zero-order valence-electron chi connectivity index (χ0n) is 11.5. The molecular formula is C16H14F3NO2. The molecule has 0 aromatic heterocycles. The number of rotatable bonds is 5. The lowest BCUT2D eigenvalue weighted by Gasteiger charge is -2.13. The standard InChI is InChI=1S/C16H14F3NO2/c17-12-6-2-1-5-11(12)14(21)9-20-15(22)8-10-4-3-7-13(18)16(10)19/h1-7,14,21H,8-9H2,(H,20,22). The molecular weight excluding hydrogens is 295 g/mol. The Morgan fingerprint density at radius 3 is 2.45 bits per heavy atom. The summed E-state index contributed by atoms with van der Waals surface area (Å²) in [5.41, 5.74) is -0.0300. The molecule has 1 unspecified atom stereocenters. The third-order valence-corrected chi connectivity index (χ3v) is 3.14. The number of benzene rings is 2. The number of carbonyl (C=O) groups is 1. The predicted molar refractivity (Wildman–Crippen MR) is 74.4 cm³/mol. The minimum Gasteiger partial charge on any atom is -0.386 e. The van der Waals surface area contributed by atoms with Crippen molar-refractivity contribution in [3.63, 3.8) is 0 Å². The van der Waals surface area contributed by atoms with Gasteiger partial charge in [0.15, 0.2) is 11.6 Å². The Labute approximate surface area is 125 Å². The monoisotopic (exact) mass is 309 g/mol. The van der Waals surface area contributed by atoms with E-state index in [1.54, 1.807) is 6.07 Å². The lowest BCUT2D eigenvalue weighted by atomic mass is 10.1. The molecule has 116 valence electrons. The van der Waals surface area contributed by atoms with Crippen LogP contribution in [0.2, 0.25) is 0 Å². The van der Waals surface area contributed by atoms with E-state index in [4.69, 9.17) is 0 Å². The van der Waals surface area contributed by atoms with Crippen molar-refractivity contribution in [1.82, 2.24) is 5.32 Å². The maximum atomic E-state index is 13.4. The van der Waals surface area contributed by atoms with Crippen molar-refractivity contribution in [2.24, 2.45) is 0 Å². The number of aliphatic hydroxyl groups is 1. The summed E-state index contributed by atoms with van der Waals surface area (Å²) in [6.07, 6.45) is -1.59. The van der Waals surface area contributed by atoms with Gasteiger partial charge in [0.25, 0.3) is 0 Å². The van der Waals surface area contributed by atoms with Crippen molar-refractivity contribution in [1.29, 1.82) is 0 Å². The van der Waals surface area contributed by atoms with Gasteiger partial charge >= 0.3 is 0 Å². The SMILES string of the molecule is O=C(Cc1cccc(F)c1F)NCC(O)c1ccccc1F. The van der Waals surface area contributed by atoms with Crippen molar-refractivity contribution < 1.29 is 23.1 Å². The van der Waals surface area contributed by atoms with E-state index in [0.717, 1.165) is 6.07 Å². The molecule has 3 nitrogen and oxygen atoms in total. The Morgan fingerprint density at radius 2 is 1.73 bits per heavy atom. The van der Waals surface area contributed by atoms with Gasteiger partial charge in [-0.15, -0.1) is 0 Å². The molecule has 0 heterocycles. The molecule has 2 rings (SSSR count). The van der Waals surface area contributed by atoms with Gasteiger partial charge in [0.1, 0.15) is 5.82 Å². The van der Waals surface area contributed by atoms with Gasteiger partial charge in [0.2, 0.25) is 5.91 Å². The van der Waals surface area contributed by atoms with Crippen molar-refractivity contribution in [2.45, 2.75) is 12.5 Å². The lowest BCUT2D eigenvalue weighted by molar-refractivity contribution is -0.121. The molecule has 0 aliphatic heterocycles. The van der Waals surface area contributed by atoms with Gasteiger partial charge in [0.05, 0.1) is 12.5 Å². The molecule has 0 saturated carbocycles. The fraction of sp³-hybridized carbons (Fsp3) is 0.188. The van der Waals surface area contributed by atoms with E-state index in [2.05, 4.69) is 5.32 Å². The summed E-state index contributed by atoms with van der Waals surface area (Å²) in [6.45, 7) is -0.225. The highest BCUT2D eigenvalue weighted by Gasteiger charge is 2.15. The highest BCUT2D eigenvalue weighted by Crippen LogP contribution is 2.16. The molecule has 2 N–H and O–H groups in total. The van der Waals surface area contributed by atoms with Crippen LogP contribution >= 0.6 is 0 Å². The highest BCUT2D eigenvalue weighted by molar-refractivity contribution is 5.78. The molecule has 2 aromatic rings. The van der Waals surface area contributed by atoms with Crippen LogP contribution in [0.5, 0.6) is 0 Å². The summed E-state index contributed by atoms with van der Waals surface area (Å²) in [4.78, 5) is 11.7. The van der Waals surface area contributed by atoms with Gasteiger partial charge in [-0.05, 0) is 12.1 Å². The average molecular weight is 309 g/mol. The van der Waals surface area contributed by atoms with Gasteiger partial charge in [-0.2, -0.15) is 0 Å². The zero-order valence-corrected chi connectivity index (χ0v) is 11.5. The smallest absolute Gasteiger partial charge is 0.224 e. The molecule has 0 radical (unpaired) electrons. The molecule has 0 fully saturated rings. The van der Waals surface area contributed by atoms with E-state index in [0.29, 0.717) is 0 Å². The first kappa shape index (κ1) is 16.0. The van der Waals surface area contributed by atoms with Crippen LogP contribution < -0.4 is 5.32 Å². The van der Waals surface area contributed by atoms with Crippen LogP contribution in [0, 0.1) is 17.5 Å². The fourth-order valence-electron chi connectivity index (χ4n) is 1.99. The normalized spacial score (nSPS) is 12.0. The number of hydrogen-bond acceptors (Lipinski definition) is 2. The average Bonchev–Trinajstić information content (AvgIpc) is 2.50. The Hall–Kier alpha value is -2.34. The van der Waals surface area contributed by atoms with Crippen LogP contribution in [0.1, 0.15) is 17.2 Å². The number of halogens is 3. The zero-order chi connectivity index (χ0) is 16.1. The molecule has 6 heteroatoms. The third kappa shape index (κ3) is 3.85. The topological polar surface area (TPSA) is 49.3 Å². The Morgan fingerprint density at radius 1 is 1.05 bits per heavy atom. The van der Waals surface area contributed by atoms with Crippen LogP contribution in [-0.4, -0.2) is 17.6 Å². The summed E-state index contributed by atoms with van der Waals surface area (Å²) in [5.74, 6) is -3.29. The van der Waals surface area contributed by atoms with Crippen molar-refractivity contribution >= 4 is 5.91 Å². The summed E-state index contributed by atoms with van der Waals surface area (Å²) < 4.78 is 39.9. The van der Waals surface area contributed by atoms with Crippen LogP contribution in [0.25, 0.3) is 0 Å². The van der Waals surface area contributed by atoms with Crippen molar-refractivity contribution in [2.75, 3.05) is 6.54 Å². The largest absolute Gasteiger partial charge is 0.386 e. The molecule has 0 spiro atoms. The second-order valence-electron chi connectivity index (χ2n) is 4.73. The second-order valence-corrected chi connectivity index (χ2v) is 4.73. The molecule has 1 amide bonds. The number of nitrogens with one attached hydrogen (secondary N) is 1. The molecule has 0 bridgehead atoms. The molecule has 1 atom stereocenters. The second kappa shape index (κ2) is 7.09. The first-order valence-corrected chi connectivity index (χ1v) is 6.61. The van der Waals surface area contributed by atoms with Gasteiger partial charge < -0.3 is 10.4 Å². The van der Waals surface area contributed by atoms with E-state index in [1.807, 2.05) is 0 Å². The first-order valence-electron chi connectivity index (χ1n) is 6.61. The van der Waals surface area contributed by atoms with Crippen LogP contribution in [0.15, 0.2) is 42.5 Å². The van der Waals surface area contributed by atoms with Crippen LogP contribution in [0.3, 0.4) is 0 Å². The Balaban J connectivity index is 1.93. The van der Waals surface area contributed by atoms with E-state index in [1.165, 1.54) is 30.3 Å². The highest BCUT2D eigenvalue weighted by atomic mass is 19.2. The van der Waals surface area contributed by atoms with Gasteiger partial charge in [-0.1, -0.05) is 30.3 Å². The quantitative estimate of drug-likeness (QED) is 0.891. The van der Waals surface area contributed by atoms with Crippen molar-refractivity contribution in [3.8, 4) is 0 Å². The predicted octanol–water partition coefficient (Wildman–Crippen LogP) is 2.50. The number of aliphatic hydroxyl groups excluding tert-OH is 1. The summed E-state index contributed by atoms with van der Waals surface area (Å²) in [6, 6.07) is 9.20. The van der Waals surface area contributed by atoms with Gasteiger partial charge in [-0.25, -0.2) is 13.2 Å². The van der Waals surface area contributed by atoms with E-state index < -0.39 is 29.5 Å². The van der Waals surface area contributed by atoms with Crippen LogP contribution in [-0.2, 0) is 11.2 Å². The maximum Gasteiger partial charge on any atom is 0.224 e. The van der Waals surface area contributed by atoms with Gasteiger partial charge in [0, 0.05) is 17.7 Å². The molecule has 0 saturated heterocycles. The van der Waals surface area contributed by atoms with Crippen LogP contribution in [0.4, 0.5) is 13.2 Å². The molecule has 0 aliphatic rings. The molecule has 22 heavy (non-hydrogen) atoms. The minimum atomic E-state index is -1.22. The van der Waals surface area contributed by atoms with E-state index >= 15 is 0 Å². The van der Waals surface area contributed by atoms with E-state index in [9.17, 15) is 23.1 Å². The summed E-state index contributed by atoms with van der Waals surface area (Å²) in [5, 5.41) is 12.2. The first-order chi connectivity index (χ1) is 10.5. The van der Waals surface area contributed by atoms with E-state index in [-0.39, 0.29) is 24.1 Å². The number of amides is 1. The summed E-state index contributed by atoms with van der Waals surface area (Å²) in [7, 11) is 0. The molecule has 0 aliphatic carbocycles. The molecule has 2 aromatic carbocycles. The number of hydrogen-bond donors (Lipinski definition) is 2. The lowest BCUT2D eigenvalue weighted by Crippen LogP contribution is -2.30. The Kier molecular flexibility index (Phi) is 5.16. The third-order valence-electron chi connectivity index (χ3n) is 3.14. The van der Waals surface area contributed by atoms with Crippen molar-refractivity contribution in [3.05, 3.63) is 71.0 Å². The number of carbonyl (C=O) groups excluding carboxylic acids is 1. The van der Waals surface area contributed by atoms with Gasteiger partial charge in [-0.3, -0.25) is 4.79 Å². The minimum absolute atomic E-state index is 0.0553. The Bertz CT molecular complexity index is 676.